The molecule has 1 N–H and O–H groups in total. The van der Waals surface area contributed by atoms with E-state index in [1.165, 1.54) is 25.3 Å². The SMILES string of the molecule is O=[N+]([O-])c1ccc(NCC2CCC2)cc1Cl. The van der Waals surface area contributed by atoms with Gasteiger partial charge in [-0.05, 0) is 30.9 Å². The summed E-state index contributed by atoms with van der Waals surface area (Å²) in [6.07, 6.45) is 3.86. The van der Waals surface area contributed by atoms with Gasteiger partial charge in [0.2, 0.25) is 0 Å². The standard InChI is InChI=1S/C11H13ClN2O2/c12-10-6-9(4-5-11(10)14(15)16)13-7-8-2-1-3-8/h4-6,8,13H,1-3,7H2. The molecular formula is C11H13ClN2O2. The first-order valence-electron chi connectivity index (χ1n) is 5.34. The maximum Gasteiger partial charge on any atom is 0.288 e. The Kier molecular flexibility index (Phi) is 3.29. The fourth-order valence-corrected chi connectivity index (χ4v) is 1.97. The van der Waals surface area contributed by atoms with Crippen molar-refractivity contribution < 1.29 is 4.92 Å². The van der Waals surface area contributed by atoms with Crippen LogP contribution in [0.1, 0.15) is 19.3 Å². The molecule has 1 aliphatic rings. The van der Waals surface area contributed by atoms with E-state index < -0.39 is 4.92 Å². The van der Waals surface area contributed by atoms with Gasteiger partial charge >= 0.3 is 0 Å². The highest BCUT2D eigenvalue weighted by Gasteiger charge is 2.17. The highest BCUT2D eigenvalue weighted by atomic mass is 35.5. The van der Waals surface area contributed by atoms with Crippen LogP contribution in [0.25, 0.3) is 0 Å². The molecule has 1 fully saturated rings. The Morgan fingerprint density at radius 3 is 2.75 bits per heavy atom. The van der Waals surface area contributed by atoms with Crippen LogP contribution in [0.3, 0.4) is 0 Å². The van der Waals surface area contributed by atoms with Gasteiger partial charge in [-0.2, -0.15) is 0 Å². The molecule has 1 aromatic rings. The Morgan fingerprint density at radius 2 is 2.25 bits per heavy atom. The van der Waals surface area contributed by atoms with E-state index in [1.807, 2.05) is 0 Å². The van der Waals surface area contributed by atoms with Crippen LogP contribution in [0.5, 0.6) is 0 Å². The lowest BCUT2D eigenvalue weighted by molar-refractivity contribution is -0.384. The highest BCUT2D eigenvalue weighted by Crippen LogP contribution is 2.29. The van der Waals surface area contributed by atoms with E-state index in [-0.39, 0.29) is 10.7 Å². The maximum atomic E-state index is 10.6. The van der Waals surface area contributed by atoms with E-state index in [4.69, 9.17) is 11.6 Å². The second kappa shape index (κ2) is 4.70. The van der Waals surface area contributed by atoms with E-state index in [2.05, 4.69) is 5.32 Å². The largest absolute Gasteiger partial charge is 0.385 e. The molecule has 0 spiro atoms. The van der Waals surface area contributed by atoms with Crippen molar-refractivity contribution in [1.29, 1.82) is 0 Å². The lowest BCUT2D eigenvalue weighted by atomic mass is 9.85. The Balaban J connectivity index is 1.99. The molecule has 1 aliphatic carbocycles. The summed E-state index contributed by atoms with van der Waals surface area (Å²) in [7, 11) is 0. The Bertz CT molecular complexity index is 405. The van der Waals surface area contributed by atoms with Crippen molar-refractivity contribution in [2.45, 2.75) is 19.3 Å². The van der Waals surface area contributed by atoms with Crippen LogP contribution in [-0.4, -0.2) is 11.5 Å². The molecule has 0 bridgehead atoms. The molecule has 1 saturated carbocycles. The monoisotopic (exact) mass is 240 g/mol. The van der Waals surface area contributed by atoms with E-state index >= 15 is 0 Å². The van der Waals surface area contributed by atoms with Gasteiger partial charge in [0.1, 0.15) is 5.02 Å². The van der Waals surface area contributed by atoms with Gasteiger partial charge in [-0.1, -0.05) is 18.0 Å². The molecule has 0 atom stereocenters. The number of nitro benzene ring substituents is 1. The van der Waals surface area contributed by atoms with E-state index in [9.17, 15) is 10.1 Å². The first kappa shape index (κ1) is 11.2. The molecule has 0 aromatic heterocycles. The molecule has 2 rings (SSSR count). The van der Waals surface area contributed by atoms with Crippen LogP contribution in [0.2, 0.25) is 5.02 Å². The zero-order valence-electron chi connectivity index (χ0n) is 8.78. The third kappa shape index (κ3) is 2.44. The van der Waals surface area contributed by atoms with Gasteiger partial charge in [0.05, 0.1) is 4.92 Å². The van der Waals surface area contributed by atoms with Crippen LogP contribution >= 0.6 is 11.6 Å². The average molecular weight is 241 g/mol. The molecule has 86 valence electrons. The van der Waals surface area contributed by atoms with Crippen molar-refractivity contribution in [3.8, 4) is 0 Å². The van der Waals surface area contributed by atoms with Crippen molar-refractivity contribution in [1.82, 2.24) is 0 Å². The lowest BCUT2D eigenvalue weighted by Crippen LogP contribution is -2.20. The molecule has 1 aromatic carbocycles. The number of benzene rings is 1. The number of halogens is 1. The summed E-state index contributed by atoms with van der Waals surface area (Å²) in [5.74, 6) is 0.744. The van der Waals surface area contributed by atoms with E-state index in [0.29, 0.717) is 0 Å². The summed E-state index contributed by atoms with van der Waals surface area (Å²) in [4.78, 5) is 10.1. The molecule has 0 aliphatic heterocycles. The molecule has 5 heteroatoms. The van der Waals surface area contributed by atoms with Crippen LogP contribution < -0.4 is 5.32 Å². The molecule has 0 unspecified atom stereocenters. The Labute approximate surface area is 98.8 Å². The number of nitrogens with one attached hydrogen (secondary N) is 1. The summed E-state index contributed by atoms with van der Waals surface area (Å²) in [5, 5.41) is 14.0. The predicted octanol–water partition coefficient (Wildman–Crippen LogP) is 3.46. The van der Waals surface area contributed by atoms with Gasteiger partial charge < -0.3 is 5.32 Å². The van der Waals surface area contributed by atoms with Gasteiger partial charge in [0, 0.05) is 18.3 Å². The average Bonchev–Trinajstić information content (AvgIpc) is 2.14. The van der Waals surface area contributed by atoms with Crippen molar-refractivity contribution in [3.63, 3.8) is 0 Å². The quantitative estimate of drug-likeness (QED) is 0.648. The second-order valence-corrected chi connectivity index (χ2v) is 4.51. The number of nitro groups is 1. The lowest BCUT2D eigenvalue weighted by Gasteiger charge is -2.25. The summed E-state index contributed by atoms with van der Waals surface area (Å²) >= 11 is 5.81. The van der Waals surface area contributed by atoms with E-state index in [1.54, 1.807) is 12.1 Å². The predicted molar refractivity (Wildman–Crippen MR) is 63.9 cm³/mol. The van der Waals surface area contributed by atoms with Crippen molar-refractivity contribution in [3.05, 3.63) is 33.3 Å². The van der Waals surface area contributed by atoms with Crippen molar-refractivity contribution in [2.24, 2.45) is 5.92 Å². The number of hydrogen-bond acceptors (Lipinski definition) is 3. The van der Waals surface area contributed by atoms with Crippen LogP contribution in [0, 0.1) is 16.0 Å². The van der Waals surface area contributed by atoms with Gasteiger partial charge in [-0.3, -0.25) is 10.1 Å². The summed E-state index contributed by atoms with van der Waals surface area (Å²) in [6.45, 7) is 0.925. The maximum absolute atomic E-state index is 10.6. The molecular weight excluding hydrogens is 228 g/mol. The van der Waals surface area contributed by atoms with Crippen molar-refractivity contribution >= 4 is 23.0 Å². The van der Waals surface area contributed by atoms with Crippen LogP contribution in [0.4, 0.5) is 11.4 Å². The zero-order valence-corrected chi connectivity index (χ0v) is 9.54. The normalized spacial score (nSPS) is 15.6. The molecule has 16 heavy (non-hydrogen) atoms. The second-order valence-electron chi connectivity index (χ2n) is 4.10. The first-order chi connectivity index (χ1) is 7.66. The highest BCUT2D eigenvalue weighted by molar-refractivity contribution is 6.32. The molecule has 4 nitrogen and oxygen atoms in total. The van der Waals surface area contributed by atoms with Crippen molar-refractivity contribution in [2.75, 3.05) is 11.9 Å². The first-order valence-corrected chi connectivity index (χ1v) is 5.72. The molecule has 0 saturated heterocycles. The smallest absolute Gasteiger partial charge is 0.288 e. The minimum absolute atomic E-state index is 0.0455. The van der Waals surface area contributed by atoms with Gasteiger partial charge in [-0.25, -0.2) is 0 Å². The van der Waals surface area contributed by atoms with Crippen LogP contribution in [-0.2, 0) is 0 Å². The van der Waals surface area contributed by atoms with Gasteiger partial charge in [-0.15, -0.1) is 0 Å². The third-order valence-electron chi connectivity index (χ3n) is 2.96. The van der Waals surface area contributed by atoms with Gasteiger partial charge in [0.25, 0.3) is 5.69 Å². The minimum Gasteiger partial charge on any atom is -0.385 e. The Hall–Kier alpha value is -1.29. The summed E-state index contributed by atoms with van der Waals surface area (Å²) < 4.78 is 0. The van der Waals surface area contributed by atoms with E-state index in [0.717, 1.165) is 18.2 Å². The summed E-state index contributed by atoms with van der Waals surface area (Å²) in [6, 6.07) is 4.74. The molecule has 0 radical (unpaired) electrons. The fourth-order valence-electron chi connectivity index (χ4n) is 1.72. The number of rotatable bonds is 4. The number of anilines is 1. The van der Waals surface area contributed by atoms with Gasteiger partial charge in [0.15, 0.2) is 0 Å². The number of nitrogens with zero attached hydrogens (tertiary/aromatic N) is 1. The third-order valence-corrected chi connectivity index (χ3v) is 3.27. The minimum atomic E-state index is -0.474. The zero-order chi connectivity index (χ0) is 11.5. The fraction of sp³-hybridized carbons (Fsp3) is 0.455. The molecule has 0 amide bonds. The summed E-state index contributed by atoms with van der Waals surface area (Å²) in [5.41, 5.74) is 0.804. The Morgan fingerprint density at radius 1 is 1.50 bits per heavy atom. The molecule has 0 heterocycles. The topological polar surface area (TPSA) is 55.2 Å². The van der Waals surface area contributed by atoms with Crippen LogP contribution in [0.15, 0.2) is 18.2 Å². The number of hydrogen-bond donors (Lipinski definition) is 1.